The Morgan fingerprint density at radius 2 is 1.79 bits per heavy atom. The lowest BCUT2D eigenvalue weighted by Gasteiger charge is -2.04. The fourth-order valence-electron chi connectivity index (χ4n) is 0.844. The fourth-order valence-corrected chi connectivity index (χ4v) is 0.844. The Morgan fingerprint density at radius 1 is 1.21 bits per heavy atom. The number of aliphatic carboxylic acids is 1. The summed E-state index contributed by atoms with van der Waals surface area (Å²) in [5.74, 6) is -1.71. The molecule has 1 amide bonds. The van der Waals surface area contributed by atoms with Gasteiger partial charge in [-0.05, 0) is 12.1 Å². The molecule has 0 bridgehead atoms. The van der Waals surface area contributed by atoms with Crippen molar-refractivity contribution < 1.29 is 14.7 Å². The molecule has 0 atom stereocenters. The molecule has 0 saturated heterocycles. The van der Waals surface area contributed by atoms with Gasteiger partial charge in [-0.15, -0.1) is 0 Å². The molecular formula is C10H12NO3-. The van der Waals surface area contributed by atoms with Crippen LogP contribution in [0.15, 0.2) is 30.3 Å². The van der Waals surface area contributed by atoms with E-state index in [2.05, 4.69) is 5.32 Å². The second-order valence-electron chi connectivity index (χ2n) is 2.42. The van der Waals surface area contributed by atoms with E-state index in [9.17, 15) is 14.7 Å². The molecule has 0 aliphatic carbocycles. The van der Waals surface area contributed by atoms with Gasteiger partial charge >= 0.3 is 0 Å². The second-order valence-corrected chi connectivity index (χ2v) is 2.42. The molecule has 0 saturated carbocycles. The second kappa shape index (κ2) is 5.75. The summed E-state index contributed by atoms with van der Waals surface area (Å²) in [6, 6.07) is 8.38. The predicted octanol–water partition coefficient (Wildman–Crippen LogP) is -0.198. The van der Waals surface area contributed by atoms with Gasteiger partial charge in [-0.1, -0.05) is 25.6 Å². The van der Waals surface area contributed by atoms with E-state index in [1.165, 1.54) is 0 Å². The van der Waals surface area contributed by atoms with Gasteiger partial charge in [0.1, 0.15) is 0 Å². The van der Waals surface area contributed by atoms with Gasteiger partial charge in [0.25, 0.3) is 5.91 Å². The Hall–Kier alpha value is -1.84. The van der Waals surface area contributed by atoms with Gasteiger partial charge in [0.2, 0.25) is 0 Å². The summed E-state index contributed by atoms with van der Waals surface area (Å²) in [7, 11) is 0. The molecule has 76 valence electrons. The molecule has 1 aromatic rings. The molecule has 1 N–H and O–H groups in total. The number of carboxylic acid groups (broad SMARTS) is 1. The average Bonchev–Trinajstić information content (AvgIpc) is 2.15. The highest BCUT2D eigenvalue weighted by Gasteiger charge is 2.01. The van der Waals surface area contributed by atoms with E-state index in [0.29, 0.717) is 5.56 Å². The maximum atomic E-state index is 11.1. The van der Waals surface area contributed by atoms with E-state index in [1.54, 1.807) is 30.3 Å². The van der Waals surface area contributed by atoms with E-state index in [0.717, 1.165) is 0 Å². The van der Waals surface area contributed by atoms with Gasteiger partial charge < -0.3 is 15.2 Å². The number of benzene rings is 1. The zero-order valence-corrected chi connectivity index (χ0v) is 6.82. The highest BCUT2D eigenvalue weighted by molar-refractivity contribution is 5.95. The van der Waals surface area contributed by atoms with E-state index in [1.807, 2.05) is 0 Å². The number of carbonyl (C=O) groups excluding carboxylic acids is 2. The zero-order chi connectivity index (χ0) is 9.68. The molecule has 0 spiro atoms. The number of nitrogens with one attached hydrogen (secondary N) is 1. The van der Waals surface area contributed by atoms with Crippen molar-refractivity contribution in [1.82, 2.24) is 5.32 Å². The number of amides is 1. The Balaban J connectivity index is 0.00000169. The normalized spacial score (nSPS) is 8.57. The minimum atomic E-state index is -1.30. The molecule has 0 radical (unpaired) electrons. The van der Waals surface area contributed by atoms with E-state index < -0.39 is 18.4 Å². The van der Waals surface area contributed by atoms with Crippen LogP contribution >= 0.6 is 0 Å². The molecule has 4 nitrogen and oxygen atoms in total. The first kappa shape index (κ1) is 12.2. The minimum absolute atomic E-state index is 0. The zero-order valence-electron chi connectivity index (χ0n) is 6.82. The summed E-state index contributed by atoms with van der Waals surface area (Å²) >= 11 is 0. The molecule has 0 aromatic heterocycles. The Morgan fingerprint density at radius 3 is 2.29 bits per heavy atom. The standard InChI is InChI=1S/C9H9NO3.CH4/c11-8(12)6-10-9(13)7-4-2-1-3-5-7;/h1-5H,6H2,(H,10,13)(H,11,12);1H4/p-1. The van der Waals surface area contributed by atoms with E-state index >= 15 is 0 Å². The molecule has 0 unspecified atom stereocenters. The van der Waals surface area contributed by atoms with Crippen molar-refractivity contribution in [3.63, 3.8) is 0 Å². The van der Waals surface area contributed by atoms with Crippen LogP contribution in [0.2, 0.25) is 0 Å². The first-order chi connectivity index (χ1) is 6.20. The number of hydrogen-bond acceptors (Lipinski definition) is 3. The molecule has 14 heavy (non-hydrogen) atoms. The number of rotatable bonds is 3. The third-order valence-electron chi connectivity index (χ3n) is 1.43. The lowest BCUT2D eigenvalue weighted by molar-refractivity contribution is -0.303. The summed E-state index contributed by atoms with van der Waals surface area (Å²) in [6.45, 7) is -0.465. The highest BCUT2D eigenvalue weighted by Crippen LogP contribution is 1.96. The third-order valence-corrected chi connectivity index (χ3v) is 1.43. The van der Waals surface area contributed by atoms with Crippen LogP contribution in [0.4, 0.5) is 0 Å². The highest BCUT2D eigenvalue weighted by atomic mass is 16.4. The van der Waals surface area contributed by atoms with Gasteiger partial charge in [0.15, 0.2) is 0 Å². The van der Waals surface area contributed by atoms with Gasteiger partial charge in [-0.2, -0.15) is 0 Å². The number of hydrogen-bond donors (Lipinski definition) is 1. The van der Waals surface area contributed by atoms with Crippen LogP contribution in [0.3, 0.4) is 0 Å². The predicted molar refractivity (Wildman–Crippen MR) is 50.5 cm³/mol. The number of carbonyl (C=O) groups is 2. The molecule has 0 aliphatic heterocycles. The molecule has 1 rings (SSSR count). The van der Waals surface area contributed by atoms with Gasteiger partial charge in [-0.3, -0.25) is 4.79 Å². The van der Waals surface area contributed by atoms with Crippen LogP contribution in [0.25, 0.3) is 0 Å². The van der Waals surface area contributed by atoms with Gasteiger partial charge in [0, 0.05) is 5.56 Å². The molecule has 4 heteroatoms. The lowest BCUT2D eigenvalue weighted by atomic mass is 10.2. The summed E-state index contributed by atoms with van der Waals surface area (Å²) in [4.78, 5) is 21.2. The summed E-state index contributed by atoms with van der Waals surface area (Å²) in [6.07, 6.45) is 0. The monoisotopic (exact) mass is 194 g/mol. The van der Waals surface area contributed by atoms with Crippen molar-refractivity contribution in [2.24, 2.45) is 0 Å². The molecule has 1 aromatic carbocycles. The van der Waals surface area contributed by atoms with Crippen molar-refractivity contribution in [2.75, 3.05) is 6.54 Å². The summed E-state index contributed by atoms with van der Waals surface area (Å²) in [5, 5.41) is 12.2. The number of carboxylic acids is 1. The van der Waals surface area contributed by atoms with Crippen LogP contribution in [0, 0.1) is 0 Å². The smallest absolute Gasteiger partial charge is 0.251 e. The first-order valence-corrected chi connectivity index (χ1v) is 3.73. The molecule has 0 heterocycles. The van der Waals surface area contributed by atoms with Crippen LogP contribution < -0.4 is 10.4 Å². The third kappa shape index (κ3) is 3.71. The lowest BCUT2D eigenvalue weighted by Crippen LogP contribution is -2.37. The van der Waals surface area contributed by atoms with Gasteiger partial charge in [0.05, 0.1) is 12.5 Å². The molecule has 0 aliphatic rings. The molecular weight excluding hydrogens is 182 g/mol. The van der Waals surface area contributed by atoms with Crippen LogP contribution in [-0.4, -0.2) is 18.4 Å². The van der Waals surface area contributed by atoms with Crippen LogP contribution in [0.1, 0.15) is 17.8 Å². The fraction of sp³-hybridized carbons (Fsp3) is 0.200. The van der Waals surface area contributed by atoms with Gasteiger partial charge in [-0.25, -0.2) is 0 Å². The Labute approximate surface area is 82.6 Å². The van der Waals surface area contributed by atoms with Crippen molar-refractivity contribution in [2.45, 2.75) is 7.43 Å². The van der Waals surface area contributed by atoms with Crippen molar-refractivity contribution in [1.29, 1.82) is 0 Å². The maximum absolute atomic E-state index is 11.1. The minimum Gasteiger partial charge on any atom is -0.548 e. The van der Waals surface area contributed by atoms with E-state index in [-0.39, 0.29) is 7.43 Å². The average molecular weight is 194 g/mol. The SMILES string of the molecule is C.O=C([O-])CNC(=O)c1ccccc1. The van der Waals surface area contributed by atoms with Crippen molar-refractivity contribution in [3.8, 4) is 0 Å². The Bertz CT molecular complexity index is 308. The van der Waals surface area contributed by atoms with Crippen molar-refractivity contribution in [3.05, 3.63) is 35.9 Å². The van der Waals surface area contributed by atoms with E-state index in [4.69, 9.17) is 0 Å². The Kier molecular flexibility index (Phi) is 4.99. The quantitative estimate of drug-likeness (QED) is 0.724. The topological polar surface area (TPSA) is 69.2 Å². The van der Waals surface area contributed by atoms with Crippen LogP contribution in [0.5, 0.6) is 0 Å². The molecule has 0 fully saturated rings. The summed E-state index contributed by atoms with van der Waals surface area (Å²) < 4.78 is 0. The van der Waals surface area contributed by atoms with Crippen molar-refractivity contribution >= 4 is 11.9 Å². The summed E-state index contributed by atoms with van der Waals surface area (Å²) in [5.41, 5.74) is 0.434. The largest absolute Gasteiger partial charge is 0.548 e. The first-order valence-electron chi connectivity index (χ1n) is 3.73. The maximum Gasteiger partial charge on any atom is 0.251 e. The van der Waals surface area contributed by atoms with Crippen LogP contribution in [-0.2, 0) is 4.79 Å².